The fraction of sp³-hybridized carbons (Fsp3) is 0.846. The van der Waals surface area contributed by atoms with Crippen molar-refractivity contribution in [3.05, 3.63) is 12.2 Å². The van der Waals surface area contributed by atoms with Crippen LogP contribution in [0.25, 0.3) is 0 Å². The van der Waals surface area contributed by atoms with Crippen LogP contribution in [0.1, 0.15) is 13.3 Å². The molecule has 9 unspecified atom stereocenters. The Morgan fingerprint density at radius 2 is 1.85 bits per heavy atom. The number of fused-ring (bicyclic) bond motifs is 2. The van der Waals surface area contributed by atoms with Crippen LogP contribution in [-0.2, 0) is 0 Å². The van der Waals surface area contributed by atoms with Crippen LogP contribution in [0.5, 0.6) is 0 Å². The third kappa shape index (κ3) is 0.358. The molecule has 68 valence electrons. The summed E-state index contributed by atoms with van der Waals surface area (Å²) in [5.41, 5.74) is 1.71. The first-order chi connectivity index (χ1) is 6.30. The molecule has 9 atom stereocenters. The van der Waals surface area contributed by atoms with E-state index in [-0.39, 0.29) is 0 Å². The summed E-state index contributed by atoms with van der Waals surface area (Å²) >= 11 is 0. The fourth-order valence-corrected chi connectivity index (χ4v) is 6.84. The highest BCUT2D eigenvalue weighted by molar-refractivity contribution is 5.39. The molecule has 5 rings (SSSR count). The van der Waals surface area contributed by atoms with E-state index < -0.39 is 0 Å². The Hall–Kier alpha value is -0.260. The van der Waals surface area contributed by atoms with Gasteiger partial charge in [0.15, 0.2) is 0 Å². The maximum absolute atomic E-state index is 4.41. The molecule has 5 aliphatic rings. The topological polar surface area (TPSA) is 0 Å². The first kappa shape index (κ1) is 6.27. The predicted octanol–water partition coefficient (Wildman–Crippen LogP) is 2.57. The summed E-state index contributed by atoms with van der Waals surface area (Å²) in [6.45, 7) is 6.95. The van der Waals surface area contributed by atoms with Crippen molar-refractivity contribution in [1.82, 2.24) is 0 Å². The molecule has 0 nitrogen and oxygen atoms in total. The standard InChI is InChI=1S/C13H16/c1-4-8-6-3-7-9(8)5(2)11-10(4)12(6)13(7)11/h5-13H,1,3H2,2H3. The molecule has 0 heteroatoms. The fourth-order valence-electron chi connectivity index (χ4n) is 6.84. The van der Waals surface area contributed by atoms with Gasteiger partial charge in [0.1, 0.15) is 0 Å². The quantitative estimate of drug-likeness (QED) is 0.493. The van der Waals surface area contributed by atoms with E-state index >= 15 is 0 Å². The molecule has 0 spiro atoms. The molecule has 13 heavy (non-hydrogen) atoms. The van der Waals surface area contributed by atoms with Gasteiger partial charge in [0.05, 0.1) is 0 Å². The molecule has 5 aliphatic carbocycles. The molecule has 0 heterocycles. The molecule has 5 saturated carbocycles. The first-order valence-corrected chi connectivity index (χ1v) is 5.99. The maximum atomic E-state index is 4.41. The van der Waals surface area contributed by atoms with Crippen LogP contribution in [0.15, 0.2) is 12.2 Å². The lowest BCUT2D eigenvalue weighted by Crippen LogP contribution is -2.43. The van der Waals surface area contributed by atoms with Gasteiger partial charge in [0.2, 0.25) is 0 Å². The monoisotopic (exact) mass is 172 g/mol. The van der Waals surface area contributed by atoms with Crippen molar-refractivity contribution in [2.75, 3.05) is 0 Å². The highest BCUT2D eigenvalue weighted by Gasteiger charge is 2.80. The van der Waals surface area contributed by atoms with Crippen molar-refractivity contribution in [2.45, 2.75) is 13.3 Å². The van der Waals surface area contributed by atoms with E-state index in [1.54, 1.807) is 12.0 Å². The van der Waals surface area contributed by atoms with Crippen LogP contribution in [-0.4, -0.2) is 0 Å². The minimum atomic E-state index is 1.00. The van der Waals surface area contributed by atoms with Gasteiger partial charge in [-0.25, -0.2) is 0 Å². The summed E-state index contributed by atoms with van der Waals surface area (Å²) in [6.07, 6.45) is 1.60. The third-order valence-electron chi connectivity index (χ3n) is 6.69. The largest absolute Gasteiger partial charge is 0.0993 e. The minimum absolute atomic E-state index is 1.00. The lowest BCUT2D eigenvalue weighted by atomic mass is 9.57. The molecule has 0 saturated heterocycles. The van der Waals surface area contributed by atoms with E-state index in [1.807, 2.05) is 0 Å². The zero-order valence-corrected chi connectivity index (χ0v) is 8.11. The maximum Gasteiger partial charge on any atom is -0.0135 e. The lowest BCUT2D eigenvalue weighted by molar-refractivity contribution is 0.0234. The average molecular weight is 172 g/mol. The molecule has 0 aromatic heterocycles. The second-order valence-electron chi connectivity index (χ2n) is 6.36. The van der Waals surface area contributed by atoms with Gasteiger partial charge in [-0.3, -0.25) is 0 Å². The second-order valence-corrected chi connectivity index (χ2v) is 6.36. The number of hydrogen-bond donors (Lipinski definition) is 0. The Balaban J connectivity index is 1.87. The highest BCUT2D eigenvalue weighted by Crippen LogP contribution is 2.85. The Bertz CT molecular complexity index is 342. The first-order valence-electron chi connectivity index (χ1n) is 5.99. The van der Waals surface area contributed by atoms with E-state index in [9.17, 15) is 0 Å². The van der Waals surface area contributed by atoms with E-state index in [4.69, 9.17) is 0 Å². The van der Waals surface area contributed by atoms with Crippen LogP contribution >= 0.6 is 0 Å². The minimum Gasteiger partial charge on any atom is -0.0993 e. The molecule has 0 N–H and O–H groups in total. The smallest absolute Gasteiger partial charge is 0.0135 e. The number of allylic oxidation sites excluding steroid dienone is 1. The van der Waals surface area contributed by atoms with Crippen LogP contribution in [0, 0.1) is 53.3 Å². The van der Waals surface area contributed by atoms with Crippen molar-refractivity contribution in [3.8, 4) is 0 Å². The van der Waals surface area contributed by atoms with Gasteiger partial charge in [-0.15, -0.1) is 0 Å². The zero-order chi connectivity index (χ0) is 8.48. The normalized spacial score (nSPS) is 79.8. The van der Waals surface area contributed by atoms with Gasteiger partial charge in [0.25, 0.3) is 0 Å². The van der Waals surface area contributed by atoms with Crippen LogP contribution < -0.4 is 0 Å². The molecule has 2 bridgehead atoms. The van der Waals surface area contributed by atoms with Gasteiger partial charge in [0, 0.05) is 0 Å². The van der Waals surface area contributed by atoms with Gasteiger partial charge in [-0.2, -0.15) is 0 Å². The Kier molecular flexibility index (Phi) is 0.691. The van der Waals surface area contributed by atoms with Crippen LogP contribution in [0.4, 0.5) is 0 Å². The summed E-state index contributed by atoms with van der Waals surface area (Å²) in [6, 6.07) is 0. The SMILES string of the molecule is C=C1C2C3CC4C2C(C)C2C1C3C42. The molecule has 0 radical (unpaired) electrons. The van der Waals surface area contributed by atoms with E-state index in [1.165, 1.54) is 5.92 Å². The molecular formula is C13H16. The lowest BCUT2D eigenvalue weighted by Gasteiger charge is -2.47. The summed E-state index contributed by atoms with van der Waals surface area (Å²) in [7, 11) is 0. The molecular weight excluding hydrogens is 156 g/mol. The number of hydrogen-bond acceptors (Lipinski definition) is 0. The van der Waals surface area contributed by atoms with E-state index in [2.05, 4.69) is 13.5 Å². The molecule has 0 amide bonds. The molecule has 0 aromatic carbocycles. The van der Waals surface area contributed by atoms with Crippen molar-refractivity contribution >= 4 is 0 Å². The van der Waals surface area contributed by atoms with Crippen LogP contribution in [0.3, 0.4) is 0 Å². The Morgan fingerprint density at radius 3 is 2.69 bits per heavy atom. The molecule has 0 aliphatic heterocycles. The second kappa shape index (κ2) is 1.43. The highest BCUT2D eigenvalue weighted by atomic mass is 14.8. The zero-order valence-electron chi connectivity index (χ0n) is 8.11. The summed E-state index contributed by atoms with van der Waals surface area (Å²) in [5.74, 6) is 9.91. The summed E-state index contributed by atoms with van der Waals surface area (Å²) < 4.78 is 0. The predicted molar refractivity (Wildman–Crippen MR) is 50.8 cm³/mol. The van der Waals surface area contributed by atoms with Gasteiger partial charge in [-0.1, -0.05) is 19.1 Å². The van der Waals surface area contributed by atoms with Crippen molar-refractivity contribution in [3.63, 3.8) is 0 Å². The number of rotatable bonds is 0. The van der Waals surface area contributed by atoms with E-state index in [0.717, 1.165) is 47.3 Å². The van der Waals surface area contributed by atoms with Crippen molar-refractivity contribution in [2.24, 2.45) is 53.3 Å². The molecule has 0 aromatic rings. The van der Waals surface area contributed by atoms with Gasteiger partial charge in [-0.05, 0) is 59.7 Å². The van der Waals surface area contributed by atoms with Crippen molar-refractivity contribution < 1.29 is 0 Å². The van der Waals surface area contributed by atoms with Gasteiger partial charge < -0.3 is 0 Å². The Morgan fingerprint density at radius 1 is 1.00 bits per heavy atom. The van der Waals surface area contributed by atoms with Crippen molar-refractivity contribution in [1.29, 1.82) is 0 Å². The summed E-state index contributed by atoms with van der Waals surface area (Å²) in [4.78, 5) is 0. The van der Waals surface area contributed by atoms with E-state index in [0.29, 0.717) is 0 Å². The average Bonchev–Trinajstić information content (AvgIpc) is 2.52. The Labute approximate surface area is 79.4 Å². The van der Waals surface area contributed by atoms with Crippen LogP contribution in [0.2, 0.25) is 0 Å². The van der Waals surface area contributed by atoms with Gasteiger partial charge >= 0.3 is 0 Å². The third-order valence-corrected chi connectivity index (χ3v) is 6.69. The molecule has 5 fully saturated rings. The summed E-state index contributed by atoms with van der Waals surface area (Å²) in [5, 5.41) is 0.